The molecule has 0 aromatic heterocycles. The topological polar surface area (TPSA) is 72.3 Å². The maximum Gasteiger partial charge on any atom is 0.123 e. The molecule has 0 saturated heterocycles. The minimum absolute atomic E-state index is 0.217. The van der Waals surface area contributed by atoms with Gasteiger partial charge in [0.25, 0.3) is 0 Å². The molecular weight excluding hydrogens is 188 g/mol. The monoisotopic (exact) mass is 200 g/mol. The van der Waals surface area contributed by atoms with E-state index in [0.29, 0.717) is 11.4 Å². The van der Waals surface area contributed by atoms with Crippen LogP contribution in [0.3, 0.4) is 0 Å². The molecule has 0 aliphatic rings. The third-order valence-electron chi connectivity index (χ3n) is 2.27. The molecule has 3 nitrogen and oxygen atoms in total. The molecule has 0 heterocycles. The maximum atomic E-state index is 9.67. The molecule has 2 rings (SSSR count). The van der Waals surface area contributed by atoms with E-state index < -0.39 is 0 Å². The quantitative estimate of drug-likeness (QED) is 0.618. The van der Waals surface area contributed by atoms with Gasteiger partial charge in [-0.25, -0.2) is 0 Å². The van der Waals surface area contributed by atoms with Crippen molar-refractivity contribution >= 4 is 11.4 Å². The van der Waals surface area contributed by atoms with Gasteiger partial charge in [-0.2, -0.15) is 0 Å². The van der Waals surface area contributed by atoms with E-state index in [1.165, 1.54) is 0 Å². The Bertz CT molecular complexity index is 495. The zero-order valence-electron chi connectivity index (χ0n) is 8.14. The van der Waals surface area contributed by atoms with Gasteiger partial charge in [0.2, 0.25) is 0 Å². The molecule has 2 aromatic rings. The Balaban J connectivity index is 2.60. The molecule has 0 radical (unpaired) electrons. The second kappa shape index (κ2) is 3.53. The van der Waals surface area contributed by atoms with Gasteiger partial charge in [-0.3, -0.25) is 0 Å². The highest BCUT2D eigenvalue weighted by molar-refractivity contribution is 5.81. The van der Waals surface area contributed by atoms with Crippen LogP contribution in [-0.4, -0.2) is 5.11 Å². The predicted octanol–water partition coefficient (Wildman–Crippen LogP) is 2.22. The van der Waals surface area contributed by atoms with E-state index in [4.69, 9.17) is 11.5 Å². The van der Waals surface area contributed by atoms with Gasteiger partial charge in [-0.05, 0) is 18.2 Å². The summed E-state index contributed by atoms with van der Waals surface area (Å²) in [5.74, 6) is 0.217. The Kier molecular flexibility index (Phi) is 2.21. The predicted molar refractivity (Wildman–Crippen MR) is 62.4 cm³/mol. The highest BCUT2D eigenvalue weighted by atomic mass is 16.3. The molecule has 0 saturated carbocycles. The second-order valence-corrected chi connectivity index (χ2v) is 3.36. The van der Waals surface area contributed by atoms with Crippen molar-refractivity contribution < 1.29 is 5.11 Å². The third-order valence-corrected chi connectivity index (χ3v) is 2.27. The van der Waals surface area contributed by atoms with E-state index >= 15 is 0 Å². The van der Waals surface area contributed by atoms with E-state index in [-0.39, 0.29) is 5.75 Å². The fourth-order valence-electron chi connectivity index (χ4n) is 1.53. The lowest BCUT2D eigenvalue weighted by atomic mass is 10.0. The van der Waals surface area contributed by atoms with E-state index in [0.717, 1.165) is 11.1 Å². The van der Waals surface area contributed by atoms with Gasteiger partial charge in [0.15, 0.2) is 0 Å². The molecule has 0 amide bonds. The lowest BCUT2D eigenvalue weighted by Gasteiger charge is -2.08. The maximum absolute atomic E-state index is 9.67. The van der Waals surface area contributed by atoms with Crippen molar-refractivity contribution in [2.75, 3.05) is 11.5 Å². The molecule has 0 aliphatic heterocycles. The van der Waals surface area contributed by atoms with Crippen molar-refractivity contribution in [1.29, 1.82) is 0 Å². The van der Waals surface area contributed by atoms with Crippen LogP contribution in [0.15, 0.2) is 42.5 Å². The zero-order chi connectivity index (χ0) is 10.8. The lowest BCUT2D eigenvalue weighted by Crippen LogP contribution is -1.93. The first-order chi connectivity index (χ1) is 7.18. The molecule has 2 aromatic carbocycles. The van der Waals surface area contributed by atoms with Crippen LogP contribution < -0.4 is 11.5 Å². The molecule has 3 heteroatoms. The number of benzene rings is 2. The molecule has 76 valence electrons. The highest BCUT2D eigenvalue weighted by Gasteiger charge is 2.06. The van der Waals surface area contributed by atoms with Crippen molar-refractivity contribution in [3.8, 4) is 16.9 Å². The summed E-state index contributed by atoms with van der Waals surface area (Å²) in [5.41, 5.74) is 14.1. The second-order valence-electron chi connectivity index (χ2n) is 3.36. The van der Waals surface area contributed by atoms with Crippen LogP contribution in [0.4, 0.5) is 11.4 Å². The van der Waals surface area contributed by atoms with Crippen LogP contribution >= 0.6 is 0 Å². The van der Waals surface area contributed by atoms with E-state index in [1.807, 2.05) is 12.1 Å². The van der Waals surface area contributed by atoms with E-state index in [9.17, 15) is 5.11 Å². The van der Waals surface area contributed by atoms with Crippen molar-refractivity contribution in [2.45, 2.75) is 0 Å². The van der Waals surface area contributed by atoms with Crippen LogP contribution in [0.1, 0.15) is 0 Å². The van der Waals surface area contributed by atoms with Crippen LogP contribution in [0, 0.1) is 0 Å². The number of para-hydroxylation sites is 1. The summed E-state index contributed by atoms with van der Waals surface area (Å²) in [6.45, 7) is 0. The first-order valence-electron chi connectivity index (χ1n) is 4.62. The zero-order valence-corrected chi connectivity index (χ0v) is 8.14. The number of hydrogen-bond donors (Lipinski definition) is 3. The van der Waals surface area contributed by atoms with Crippen molar-refractivity contribution in [3.05, 3.63) is 42.5 Å². The molecule has 0 unspecified atom stereocenters. The molecular formula is C12H12N2O. The van der Waals surface area contributed by atoms with Gasteiger partial charge in [-0.15, -0.1) is 0 Å². The summed E-state index contributed by atoms with van der Waals surface area (Å²) >= 11 is 0. The van der Waals surface area contributed by atoms with Gasteiger partial charge in [-0.1, -0.05) is 24.3 Å². The fraction of sp³-hybridized carbons (Fsp3) is 0. The average Bonchev–Trinajstić information content (AvgIpc) is 2.20. The summed E-state index contributed by atoms with van der Waals surface area (Å²) in [5, 5.41) is 9.67. The summed E-state index contributed by atoms with van der Waals surface area (Å²) in [6.07, 6.45) is 0. The molecule has 0 spiro atoms. The van der Waals surface area contributed by atoms with Crippen molar-refractivity contribution in [1.82, 2.24) is 0 Å². The van der Waals surface area contributed by atoms with E-state index in [1.54, 1.807) is 30.3 Å². The highest BCUT2D eigenvalue weighted by Crippen LogP contribution is 2.33. The fourth-order valence-corrected chi connectivity index (χ4v) is 1.53. The minimum atomic E-state index is 0.217. The normalized spacial score (nSPS) is 10.1. The average molecular weight is 200 g/mol. The van der Waals surface area contributed by atoms with Gasteiger partial charge < -0.3 is 16.6 Å². The number of rotatable bonds is 1. The molecule has 0 aliphatic carbocycles. The Labute approximate surface area is 88.0 Å². The van der Waals surface area contributed by atoms with Gasteiger partial charge in [0.1, 0.15) is 5.75 Å². The Morgan fingerprint density at radius 3 is 2.27 bits per heavy atom. The standard InChI is InChI=1S/C12H12N2O/c13-8-5-6-9(11(14)7-8)10-3-1-2-4-12(10)15/h1-7,15H,13-14H2. The van der Waals surface area contributed by atoms with Gasteiger partial charge in [0, 0.05) is 22.5 Å². The lowest BCUT2D eigenvalue weighted by molar-refractivity contribution is 0.477. The smallest absolute Gasteiger partial charge is 0.123 e. The summed E-state index contributed by atoms with van der Waals surface area (Å²) in [6, 6.07) is 12.3. The largest absolute Gasteiger partial charge is 0.507 e. The van der Waals surface area contributed by atoms with Crippen LogP contribution in [0.2, 0.25) is 0 Å². The molecule has 15 heavy (non-hydrogen) atoms. The number of phenols is 1. The number of phenolic OH excluding ortho intramolecular Hbond substituents is 1. The van der Waals surface area contributed by atoms with Crippen molar-refractivity contribution in [2.24, 2.45) is 0 Å². The van der Waals surface area contributed by atoms with Crippen LogP contribution in [0.5, 0.6) is 5.75 Å². The summed E-state index contributed by atoms with van der Waals surface area (Å²) < 4.78 is 0. The number of aromatic hydroxyl groups is 1. The number of anilines is 2. The summed E-state index contributed by atoms with van der Waals surface area (Å²) in [4.78, 5) is 0. The van der Waals surface area contributed by atoms with Crippen molar-refractivity contribution in [3.63, 3.8) is 0 Å². The van der Waals surface area contributed by atoms with E-state index in [2.05, 4.69) is 0 Å². The molecule has 0 fully saturated rings. The number of hydrogen-bond acceptors (Lipinski definition) is 3. The Hall–Kier alpha value is -2.16. The van der Waals surface area contributed by atoms with Gasteiger partial charge in [0.05, 0.1) is 0 Å². The Morgan fingerprint density at radius 2 is 1.60 bits per heavy atom. The number of nitrogen functional groups attached to an aromatic ring is 2. The number of nitrogens with two attached hydrogens (primary N) is 2. The van der Waals surface area contributed by atoms with Crippen LogP contribution in [0.25, 0.3) is 11.1 Å². The molecule has 0 bridgehead atoms. The SMILES string of the molecule is Nc1ccc(-c2ccccc2O)c(N)c1. The Morgan fingerprint density at radius 1 is 0.867 bits per heavy atom. The summed E-state index contributed by atoms with van der Waals surface area (Å²) in [7, 11) is 0. The molecule has 0 atom stereocenters. The third kappa shape index (κ3) is 1.72. The first kappa shape index (κ1) is 9.40. The first-order valence-corrected chi connectivity index (χ1v) is 4.62. The van der Waals surface area contributed by atoms with Gasteiger partial charge >= 0.3 is 0 Å². The molecule has 5 N–H and O–H groups in total. The minimum Gasteiger partial charge on any atom is -0.507 e. The van der Waals surface area contributed by atoms with Crippen LogP contribution in [-0.2, 0) is 0 Å².